The Hall–Kier alpha value is -1.10. The molecule has 0 aromatic carbocycles. The summed E-state index contributed by atoms with van der Waals surface area (Å²) in [6.07, 6.45) is 6.04. The average Bonchev–Trinajstić information content (AvgIpc) is 2.25. The van der Waals surface area contributed by atoms with E-state index in [0.717, 1.165) is 26.3 Å². The first kappa shape index (κ1) is 15.9. The summed E-state index contributed by atoms with van der Waals surface area (Å²) in [4.78, 5) is 19.5. The molecule has 1 rings (SSSR count). The van der Waals surface area contributed by atoms with Crippen LogP contribution in [0.15, 0.2) is 0 Å². The van der Waals surface area contributed by atoms with Gasteiger partial charge >= 0.3 is 5.97 Å². The molecule has 1 fully saturated rings. The Morgan fingerprint density at radius 1 is 1.35 bits per heavy atom. The third-order valence-electron chi connectivity index (χ3n) is 2.41. The Kier molecular flexibility index (Phi) is 9.43. The Bertz CT molecular complexity index is 221. The van der Waals surface area contributed by atoms with Crippen LogP contribution >= 0.6 is 0 Å². The van der Waals surface area contributed by atoms with Gasteiger partial charge in [-0.1, -0.05) is 6.42 Å². The van der Waals surface area contributed by atoms with Crippen LogP contribution in [0.25, 0.3) is 0 Å². The van der Waals surface area contributed by atoms with Crippen LogP contribution in [0.2, 0.25) is 0 Å². The quantitative estimate of drug-likeness (QED) is 0.580. The fraction of sp³-hybridized carbons (Fsp3) is 0.833. The molecule has 2 N–H and O–H groups in total. The van der Waals surface area contributed by atoms with Crippen LogP contribution in [-0.4, -0.2) is 36.2 Å². The highest BCUT2D eigenvalue weighted by atomic mass is 16.5. The average molecular weight is 245 g/mol. The first-order chi connectivity index (χ1) is 8.02. The molecule has 100 valence electrons. The number of hydrogen-bond acceptors (Lipinski definition) is 4. The molecule has 1 atom stereocenters. The first-order valence-electron chi connectivity index (χ1n) is 6.08. The molecule has 0 aromatic rings. The van der Waals surface area contributed by atoms with Crippen molar-refractivity contribution >= 4 is 11.9 Å². The second kappa shape index (κ2) is 10.1. The molecule has 0 bridgehead atoms. The smallest absolute Gasteiger partial charge is 0.302 e. The van der Waals surface area contributed by atoms with E-state index >= 15 is 0 Å². The Balaban J connectivity index is 0.000000557. The maximum atomic E-state index is 10.5. The summed E-state index contributed by atoms with van der Waals surface area (Å²) in [6.45, 7) is 4.27. The molecule has 1 aliphatic heterocycles. The molecule has 1 aliphatic rings. The standard InChI is InChI=1S/C10H19NO2.C2H4O2/c1-9(12)13-8-4-6-10-5-2-3-7-11-10;1-2(3)4/h10-11H,2-8H2,1H3;1H3,(H,3,4). The lowest BCUT2D eigenvalue weighted by atomic mass is 10.0. The van der Waals surface area contributed by atoms with E-state index in [9.17, 15) is 4.79 Å². The predicted octanol–water partition coefficient (Wildman–Crippen LogP) is 1.56. The molecule has 1 unspecified atom stereocenters. The highest BCUT2D eigenvalue weighted by Crippen LogP contribution is 2.11. The molecule has 0 saturated carbocycles. The molecular formula is C12H23NO4. The fourth-order valence-electron chi connectivity index (χ4n) is 1.72. The number of hydrogen-bond donors (Lipinski definition) is 2. The van der Waals surface area contributed by atoms with Gasteiger partial charge in [0.25, 0.3) is 5.97 Å². The minimum Gasteiger partial charge on any atom is -0.481 e. The van der Waals surface area contributed by atoms with E-state index < -0.39 is 5.97 Å². The molecular weight excluding hydrogens is 222 g/mol. The van der Waals surface area contributed by atoms with Crippen LogP contribution in [-0.2, 0) is 14.3 Å². The molecule has 1 heterocycles. The second-order valence-corrected chi connectivity index (χ2v) is 4.15. The zero-order valence-electron chi connectivity index (χ0n) is 10.7. The molecule has 0 amide bonds. The lowest BCUT2D eigenvalue weighted by Gasteiger charge is -2.23. The fourth-order valence-corrected chi connectivity index (χ4v) is 1.72. The first-order valence-corrected chi connectivity index (χ1v) is 6.08. The lowest BCUT2D eigenvalue weighted by molar-refractivity contribution is -0.141. The van der Waals surface area contributed by atoms with E-state index in [4.69, 9.17) is 14.6 Å². The molecule has 5 heteroatoms. The summed E-state index contributed by atoms with van der Waals surface area (Å²) in [5, 5.41) is 10.9. The van der Waals surface area contributed by atoms with Crippen molar-refractivity contribution < 1.29 is 19.4 Å². The SMILES string of the molecule is CC(=O)O.CC(=O)OCCCC1CCCCN1. The van der Waals surface area contributed by atoms with Gasteiger partial charge in [-0.05, 0) is 32.2 Å². The number of nitrogens with one attached hydrogen (secondary N) is 1. The zero-order chi connectivity index (χ0) is 13.1. The van der Waals surface area contributed by atoms with Crippen LogP contribution in [0, 0.1) is 0 Å². The van der Waals surface area contributed by atoms with Crippen LogP contribution in [0.1, 0.15) is 46.0 Å². The van der Waals surface area contributed by atoms with E-state index in [1.165, 1.54) is 26.2 Å². The van der Waals surface area contributed by atoms with Crippen molar-refractivity contribution in [3.05, 3.63) is 0 Å². The third-order valence-corrected chi connectivity index (χ3v) is 2.41. The van der Waals surface area contributed by atoms with Gasteiger partial charge in [0, 0.05) is 19.9 Å². The molecule has 0 radical (unpaired) electrons. The molecule has 5 nitrogen and oxygen atoms in total. The summed E-state index contributed by atoms with van der Waals surface area (Å²) in [5.74, 6) is -1.00. The number of carbonyl (C=O) groups is 2. The molecule has 0 spiro atoms. The topological polar surface area (TPSA) is 75.6 Å². The minimum atomic E-state index is -0.833. The van der Waals surface area contributed by atoms with E-state index in [1.54, 1.807) is 0 Å². The highest BCUT2D eigenvalue weighted by Gasteiger charge is 2.11. The number of esters is 1. The largest absolute Gasteiger partial charge is 0.481 e. The van der Waals surface area contributed by atoms with Gasteiger partial charge in [-0.3, -0.25) is 9.59 Å². The number of carbonyl (C=O) groups excluding carboxylic acids is 1. The molecule has 1 saturated heterocycles. The van der Waals surface area contributed by atoms with Gasteiger partial charge in [-0.2, -0.15) is 0 Å². The summed E-state index contributed by atoms with van der Waals surface area (Å²) in [5.41, 5.74) is 0. The molecule has 0 aliphatic carbocycles. The van der Waals surface area contributed by atoms with E-state index in [2.05, 4.69) is 5.32 Å². The highest BCUT2D eigenvalue weighted by molar-refractivity contribution is 5.65. The number of aliphatic carboxylic acids is 1. The Labute approximate surface area is 103 Å². The molecule has 17 heavy (non-hydrogen) atoms. The van der Waals surface area contributed by atoms with Gasteiger partial charge in [-0.15, -0.1) is 0 Å². The van der Waals surface area contributed by atoms with E-state index in [-0.39, 0.29) is 5.97 Å². The van der Waals surface area contributed by atoms with Gasteiger partial charge in [-0.25, -0.2) is 0 Å². The minimum absolute atomic E-state index is 0.170. The number of carboxylic acid groups (broad SMARTS) is 1. The number of piperidine rings is 1. The van der Waals surface area contributed by atoms with Crippen molar-refractivity contribution in [1.82, 2.24) is 5.32 Å². The van der Waals surface area contributed by atoms with Crippen LogP contribution in [0.3, 0.4) is 0 Å². The van der Waals surface area contributed by atoms with Crippen LogP contribution in [0.4, 0.5) is 0 Å². The summed E-state index contributed by atoms with van der Waals surface area (Å²) < 4.78 is 4.87. The molecule has 0 aromatic heterocycles. The number of carboxylic acids is 1. The Morgan fingerprint density at radius 2 is 2.00 bits per heavy atom. The lowest BCUT2D eigenvalue weighted by Crippen LogP contribution is -2.34. The zero-order valence-corrected chi connectivity index (χ0v) is 10.7. The van der Waals surface area contributed by atoms with Crippen molar-refractivity contribution in [3.63, 3.8) is 0 Å². The maximum absolute atomic E-state index is 10.5. The van der Waals surface area contributed by atoms with Gasteiger partial charge < -0.3 is 15.2 Å². The predicted molar refractivity (Wildman–Crippen MR) is 64.8 cm³/mol. The number of rotatable bonds is 4. The van der Waals surface area contributed by atoms with Gasteiger partial charge in [0.1, 0.15) is 0 Å². The van der Waals surface area contributed by atoms with E-state index in [1.807, 2.05) is 0 Å². The van der Waals surface area contributed by atoms with E-state index in [0.29, 0.717) is 12.6 Å². The summed E-state index contributed by atoms with van der Waals surface area (Å²) in [6, 6.07) is 0.657. The van der Waals surface area contributed by atoms with Crippen LogP contribution < -0.4 is 5.32 Å². The van der Waals surface area contributed by atoms with Gasteiger partial charge in [0.15, 0.2) is 0 Å². The normalized spacial score (nSPS) is 18.8. The van der Waals surface area contributed by atoms with Gasteiger partial charge in [0.2, 0.25) is 0 Å². The second-order valence-electron chi connectivity index (χ2n) is 4.15. The van der Waals surface area contributed by atoms with Crippen molar-refractivity contribution in [1.29, 1.82) is 0 Å². The third kappa shape index (κ3) is 12.8. The maximum Gasteiger partial charge on any atom is 0.302 e. The van der Waals surface area contributed by atoms with Crippen molar-refractivity contribution in [3.8, 4) is 0 Å². The van der Waals surface area contributed by atoms with Crippen molar-refractivity contribution in [2.45, 2.75) is 52.0 Å². The number of ether oxygens (including phenoxy) is 1. The monoisotopic (exact) mass is 245 g/mol. The van der Waals surface area contributed by atoms with Crippen LogP contribution in [0.5, 0.6) is 0 Å². The van der Waals surface area contributed by atoms with Crippen molar-refractivity contribution in [2.75, 3.05) is 13.2 Å². The summed E-state index contributed by atoms with van der Waals surface area (Å²) >= 11 is 0. The Morgan fingerprint density at radius 3 is 2.47 bits per heavy atom. The van der Waals surface area contributed by atoms with Crippen molar-refractivity contribution in [2.24, 2.45) is 0 Å². The van der Waals surface area contributed by atoms with Gasteiger partial charge in [0.05, 0.1) is 6.61 Å². The summed E-state index contributed by atoms with van der Waals surface area (Å²) in [7, 11) is 0.